The molecule has 38 heavy (non-hydrogen) atoms. The highest BCUT2D eigenvalue weighted by Gasteiger charge is 2.31. The number of carbonyl (C=O) groups excluding carboxylic acids is 1. The lowest BCUT2D eigenvalue weighted by atomic mass is 10.0. The summed E-state index contributed by atoms with van der Waals surface area (Å²) in [5.41, 5.74) is 6.60. The smallest absolute Gasteiger partial charge is 0.416 e. The van der Waals surface area contributed by atoms with Gasteiger partial charge in [0.1, 0.15) is 11.5 Å². The molecule has 0 saturated carbocycles. The van der Waals surface area contributed by atoms with Crippen LogP contribution in [-0.4, -0.2) is 25.2 Å². The van der Waals surface area contributed by atoms with Gasteiger partial charge >= 0.3 is 12.2 Å². The van der Waals surface area contributed by atoms with Gasteiger partial charge in [0.05, 0.1) is 31.3 Å². The number of methoxy groups -OCH3 is 2. The number of primary amides is 1. The third kappa shape index (κ3) is 5.44. The number of carbonyl (C=O) groups is 1. The number of halogens is 3. The van der Waals surface area contributed by atoms with Crippen molar-refractivity contribution >= 4 is 22.6 Å². The van der Waals surface area contributed by atoms with Crippen molar-refractivity contribution in [2.24, 2.45) is 5.73 Å². The van der Waals surface area contributed by atoms with Gasteiger partial charge in [-0.25, -0.2) is 4.79 Å². The molecule has 0 aliphatic carbocycles. The number of anilines is 1. The van der Waals surface area contributed by atoms with E-state index in [9.17, 15) is 18.0 Å². The van der Waals surface area contributed by atoms with E-state index in [-0.39, 0.29) is 0 Å². The number of alkyl halides is 3. The maximum absolute atomic E-state index is 13.0. The van der Waals surface area contributed by atoms with Gasteiger partial charge in [0.25, 0.3) is 0 Å². The molecule has 0 bridgehead atoms. The molecule has 1 unspecified atom stereocenters. The molecule has 2 amide bonds. The van der Waals surface area contributed by atoms with E-state index in [2.05, 4.69) is 4.98 Å². The summed E-state index contributed by atoms with van der Waals surface area (Å²) in [4.78, 5) is 18.2. The Morgan fingerprint density at radius 3 is 2.13 bits per heavy atom. The molecule has 0 fully saturated rings. The molecule has 0 radical (unpaired) electrons. The average molecular weight is 526 g/mol. The van der Waals surface area contributed by atoms with Crippen LogP contribution in [-0.2, 0) is 6.18 Å². The van der Waals surface area contributed by atoms with Crippen LogP contribution in [0.1, 0.15) is 30.5 Å². The number of fused-ring (bicyclic) bond motifs is 1. The van der Waals surface area contributed by atoms with Crippen molar-refractivity contribution in [3.8, 4) is 23.0 Å². The number of hydrogen-bond acceptors (Lipinski definition) is 5. The van der Waals surface area contributed by atoms with E-state index in [1.54, 1.807) is 55.8 Å². The summed E-state index contributed by atoms with van der Waals surface area (Å²) in [6, 6.07) is 15.4. The molecule has 10 heteroatoms. The van der Waals surface area contributed by atoms with Crippen LogP contribution in [0.4, 0.5) is 23.7 Å². The number of nitrogens with two attached hydrogens (primary N) is 1. The molecule has 0 aliphatic heterocycles. The second-order valence-corrected chi connectivity index (χ2v) is 8.38. The first-order chi connectivity index (χ1) is 18.2. The molecule has 0 aliphatic rings. The maximum atomic E-state index is 13.0. The van der Waals surface area contributed by atoms with Crippen LogP contribution in [0.25, 0.3) is 10.9 Å². The van der Waals surface area contributed by atoms with Crippen LogP contribution in [0.2, 0.25) is 0 Å². The zero-order valence-electron chi connectivity index (χ0n) is 21.0. The number of urea groups is 1. The second kappa shape index (κ2) is 10.9. The summed E-state index contributed by atoms with van der Waals surface area (Å²) < 4.78 is 55.8. The van der Waals surface area contributed by atoms with E-state index in [0.717, 1.165) is 12.1 Å². The number of rotatable bonds is 8. The predicted molar refractivity (Wildman–Crippen MR) is 138 cm³/mol. The quantitative estimate of drug-likeness (QED) is 0.265. The Bertz CT molecular complexity index is 1420. The Morgan fingerprint density at radius 1 is 0.947 bits per heavy atom. The minimum Gasteiger partial charge on any atom is -0.493 e. The van der Waals surface area contributed by atoms with Crippen LogP contribution in [0.15, 0.2) is 72.9 Å². The van der Waals surface area contributed by atoms with Gasteiger partial charge in [-0.2, -0.15) is 13.2 Å². The largest absolute Gasteiger partial charge is 0.493 e. The van der Waals surface area contributed by atoms with Crippen LogP contribution >= 0.6 is 0 Å². The van der Waals surface area contributed by atoms with Gasteiger partial charge in [0, 0.05) is 23.3 Å². The lowest BCUT2D eigenvalue weighted by Gasteiger charge is -2.30. The topological polar surface area (TPSA) is 86.9 Å². The zero-order chi connectivity index (χ0) is 27.4. The van der Waals surface area contributed by atoms with Crippen molar-refractivity contribution in [3.05, 3.63) is 84.1 Å². The number of benzene rings is 3. The fraction of sp³-hybridized carbons (Fsp3) is 0.214. The van der Waals surface area contributed by atoms with Crippen LogP contribution in [0.3, 0.4) is 0 Å². The first kappa shape index (κ1) is 26.6. The van der Waals surface area contributed by atoms with E-state index in [1.165, 1.54) is 24.1 Å². The molecule has 4 aromatic rings. The van der Waals surface area contributed by atoms with Gasteiger partial charge in [-0.15, -0.1) is 0 Å². The standard InChI is InChI=1S/C28H26F3N3O4/c1-4-23(17-5-7-18(8-6-17)28(29,30)31)34(27(32)35)19-9-11-20(12-10-19)38-24-13-14-33-22-16-26(37-3)25(36-2)15-21(22)24/h5-16,23H,4H2,1-3H3,(H2,32,35). The highest BCUT2D eigenvalue weighted by atomic mass is 19.4. The fourth-order valence-corrected chi connectivity index (χ4v) is 4.26. The third-order valence-corrected chi connectivity index (χ3v) is 6.11. The van der Waals surface area contributed by atoms with Crippen LogP contribution < -0.4 is 24.8 Å². The van der Waals surface area contributed by atoms with Gasteiger partial charge in [-0.05, 0) is 60.5 Å². The van der Waals surface area contributed by atoms with Crippen molar-refractivity contribution in [1.29, 1.82) is 0 Å². The Hall–Kier alpha value is -4.47. The van der Waals surface area contributed by atoms with Crippen molar-refractivity contribution < 1.29 is 32.2 Å². The zero-order valence-corrected chi connectivity index (χ0v) is 21.0. The van der Waals surface area contributed by atoms with Crippen LogP contribution in [0.5, 0.6) is 23.0 Å². The molecule has 2 N–H and O–H groups in total. The molecule has 0 saturated heterocycles. The SMILES string of the molecule is CCC(c1ccc(C(F)(F)F)cc1)N(C(N)=O)c1ccc(Oc2ccnc3cc(OC)c(OC)cc23)cc1. The van der Waals surface area contributed by atoms with E-state index in [0.29, 0.717) is 51.6 Å². The average Bonchev–Trinajstić information content (AvgIpc) is 2.91. The number of nitrogens with zero attached hydrogens (tertiary/aromatic N) is 2. The highest BCUT2D eigenvalue weighted by molar-refractivity contribution is 5.92. The van der Waals surface area contributed by atoms with Crippen molar-refractivity contribution in [3.63, 3.8) is 0 Å². The molecule has 3 aromatic carbocycles. The number of pyridine rings is 1. The van der Waals surface area contributed by atoms with Gasteiger partial charge < -0.3 is 19.9 Å². The van der Waals surface area contributed by atoms with Crippen LogP contribution in [0, 0.1) is 0 Å². The maximum Gasteiger partial charge on any atom is 0.416 e. The minimum atomic E-state index is -4.45. The molecule has 4 rings (SSSR count). The predicted octanol–water partition coefficient (Wildman–Crippen LogP) is 7.10. The summed E-state index contributed by atoms with van der Waals surface area (Å²) in [5.74, 6) is 2.09. The minimum absolute atomic E-state index is 0.431. The summed E-state index contributed by atoms with van der Waals surface area (Å²) in [6.45, 7) is 1.83. The summed E-state index contributed by atoms with van der Waals surface area (Å²) >= 11 is 0. The van der Waals surface area contributed by atoms with Crippen molar-refractivity contribution in [1.82, 2.24) is 4.98 Å². The Morgan fingerprint density at radius 2 is 1.58 bits per heavy atom. The molecule has 1 aromatic heterocycles. The molecule has 1 heterocycles. The second-order valence-electron chi connectivity index (χ2n) is 8.38. The molecule has 0 spiro atoms. The van der Waals surface area contributed by atoms with E-state index >= 15 is 0 Å². The molecule has 198 valence electrons. The molecule has 7 nitrogen and oxygen atoms in total. The molecular formula is C28H26F3N3O4. The van der Waals surface area contributed by atoms with E-state index in [1.807, 2.05) is 6.92 Å². The van der Waals surface area contributed by atoms with Gasteiger partial charge in [0.2, 0.25) is 0 Å². The summed E-state index contributed by atoms with van der Waals surface area (Å²) in [6.07, 6.45) is -2.40. The third-order valence-electron chi connectivity index (χ3n) is 6.11. The van der Waals surface area contributed by atoms with Gasteiger partial charge in [-0.3, -0.25) is 9.88 Å². The number of amides is 2. The van der Waals surface area contributed by atoms with Gasteiger partial charge in [-0.1, -0.05) is 19.1 Å². The van der Waals surface area contributed by atoms with E-state index < -0.39 is 23.8 Å². The normalized spacial score (nSPS) is 12.2. The molecular weight excluding hydrogens is 499 g/mol. The Labute approximate surface area is 217 Å². The summed E-state index contributed by atoms with van der Waals surface area (Å²) in [7, 11) is 3.08. The van der Waals surface area contributed by atoms with Crippen molar-refractivity contribution in [2.75, 3.05) is 19.1 Å². The Balaban J connectivity index is 1.62. The number of hydrogen-bond donors (Lipinski definition) is 1. The van der Waals surface area contributed by atoms with Crippen molar-refractivity contribution in [2.45, 2.75) is 25.6 Å². The first-order valence-electron chi connectivity index (χ1n) is 11.7. The number of aromatic nitrogens is 1. The summed E-state index contributed by atoms with van der Waals surface area (Å²) in [5, 5.41) is 0.710. The van der Waals surface area contributed by atoms with E-state index in [4.69, 9.17) is 19.9 Å². The highest BCUT2D eigenvalue weighted by Crippen LogP contribution is 2.38. The lowest BCUT2D eigenvalue weighted by Crippen LogP contribution is -2.38. The molecule has 1 atom stereocenters. The Kier molecular flexibility index (Phi) is 7.61. The monoisotopic (exact) mass is 525 g/mol. The van der Waals surface area contributed by atoms with Gasteiger partial charge in [0.15, 0.2) is 11.5 Å². The fourth-order valence-electron chi connectivity index (χ4n) is 4.26. The number of ether oxygens (including phenoxy) is 3. The first-order valence-corrected chi connectivity index (χ1v) is 11.7. The lowest BCUT2D eigenvalue weighted by molar-refractivity contribution is -0.137.